The van der Waals surface area contributed by atoms with E-state index in [1.807, 2.05) is 0 Å². The van der Waals surface area contributed by atoms with Crippen LogP contribution in [0.25, 0.3) is 0 Å². The van der Waals surface area contributed by atoms with Crippen LogP contribution in [0.15, 0.2) is 17.1 Å². The number of nitrogens with zero attached hydrogens (tertiary/aromatic N) is 3. The molecule has 1 heterocycles. The van der Waals surface area contributed by atoms with E-state index in [0.29, 0.717) is 12.5 Å². The van der Waals surface area contributed by atoms with E-state index in [-0.39, 0.29) is 23.7 Å². The Balaban J connectivity index is 2.05. The van der Waals surface area contributed by atoms with Crippen molar-refractivity contribution >= 4 is 11.6 Å². The van der Waals surface area contributed by atoms with Crippen LogP contribution < -0.4 is 10.9 Å². The van der Waals surface area contributed by atoms with Crippen molar-refractivity contribution in [1.82, 2.24) is 9.88 Å². The molecule has 1 N–H and O–H groups in total. The van der Waals surface area contributed by atoms with E-state index in [1.54, 1.807) is 6.07 Å². The summed E-state index contributed by atoms with van der Waals surface area (Å²) in [6.45, 7) is 0.218. The number of nitriles is 1. The molecule has 1 amide bonds. The number of carbonyl (C=O) groups is 1. The molecule has 2 rings (SSSR count). The molecule has 0 aromatic carbocycles. The van der Waals surface area contributed by atoms with E-state index < -0.39 is 10.5 Å². The molecule has 8 nitrogen and oxygen atoms in total. The van der Waals surface area contributed by atoms with Gasteiger partial charge in [-0.05, 0) is 18.8 Å². The minimum Gasteiger partial charge on any atom is -0.354 e. The van der Waals surface area contributed by atoms with Crippen LogP contribution >= 0.6 is 0 Å². The molecule has 23 heavy (non-hydrogen) atoms. The van der Waals surface area contributed by atoms with Crippen molar-refractivity contribution in [2.75, 3.05) is 6.54 Å². The second-order valence-corrected chi connectivity index (χ2v) is 5.72. The quantitative estimate of drug-likeness (QED) is 0.649. The third-order valence-corrected chi connectivity index (χ3v) is 4.03. The van der Waals surface area contributed by atoms with Crippen LogP contribution in [0.1, 0.15) is 37.7 Å². The molecular formula is C15H18N4O4. The normalized spacial score (nSPS) is 14.9. The van der Waals surface area contributed by atoms with E-state index in [4.69, 9.17) is 5.26 Å². The number of carbonyl (C=O) groups excluding carboxylic acids is 1. The monoisotopic (exact) mass is 318 g/mol. The second kappa shape index (κ2) is 7.54. The predicted octanol–water partition coefficient (Wildman–Crippen LogP) is 1.32. The molecular weight excluding hydrogens is 300 g/mol. The molecule has 1 aliphatic rings. The number of aromatic nitrogens is 1. The predicted molar refractivity (Wildman–Crippen MR) is 81.7 cm³/mol. The maximum atomic E-state index is 12.0. The molecule has 0 bridgehead atoms. The number of pyridine rings is 1. The topological polar surface area (TPSA) is 118 Å². The Kier molecular flexibility index (Phi) is 5.46. The molecule has 1 aromatic heterocycles. The zero-order chi connectivity index (χ0) is 16.8. The summed E-state index contributed by atoms with van der Waals surface area (Å²) >= 11 is 0. The van der Waals surface area contributed by atoms with Crippen LogP contribution in [0.2, 0.25) is 0 Å². The third kappa shape index (κ3) is 4.39. The van der Waals surface area contributed by atoms with Gasteiger partial charge < -0.3 is 5.32 Å². The van der Waals surface area contributed by atoms with Crippen LogP contribution in [0.5, 0.6) is 0 Å². The lowest BCUT2D eigenvalue weighted by molar-refractivity contribution is -0.385. The Morgan fingerprint density at radius 2 is 2.13 bits per heavy atom. The zero-order valence-electron chi connectivity index (χ0n) is 12.7. The molecule has 0 radical (unpaired) electrons. The van der Waals surface area contributed by atoms with Gasteiger partial charge in [-0.25, -0.2) is 0 Å². The van der Waals surface area contributed by atoms with Gasteiger partial charge in [0.05, 0.1) is 11.1 Å². The highest BCUT2D eigenvalue weighted by Gasteiger charge is 2.17. The summed E-state index contributed by atoms with van der Waals surface area (Å²) < 4.78 is 0.910. The van der Waals surface area contributed by atoms with Gasteiger partial charge in [-0.15, -0.1) is 0 Å². The highest BCUT2D eigenvalue weighted by Crippen LogP contribution is 2.22. The molecule has 0 spiro atoms. The highest BCUT2D eigenvalue weighted by atomic mass is 16.6. The Morgan fingerprint density at radius 1 is 1.43 bits per heavy atom. The van der Waals surface area contributed by atoms with E-state index in [1.165, 1.54) is 6.42 Å². The minimum absolute atomic E-state index is 0.331. The summed E-state index contributed by atoms with van der Waals surface area (Å²) in [5.74, 6) is 0.0614. The van der Waals surface area contributed by atoms with Gasteiger partial charge in [-0.2, -0.15) is 5.26 Å². The Morgan fingerprint density at radius 3 is 2.74 bits per heavy atom. The standard InChI is InChI=1S/C15H18N4O4/c16-7-12-6-13(19(22)23)9-18(15(12)21)10-14(20)17-8-11-4-2-1-3-5-11/h6,9,11H,1-5,8,10H2,(H,17,20). The largest absolute Gasteiger partial charge is 0.354 e. The molecule has 0 atom stereocenters. The fraction of sp³-hybridized carbons (Fsp3) is 0.533. The molecule has 0 saturated heterocycles. The summed E-state index contributed by atoms with van der Waals surface area (Å²) in [6.07, 6.45) is 6.70. The SMILES string of the molecule is N#Cc1cc([N+](=O)[O-])cn(CC(=O)NCC2CCCCC2)c1=O. The number of hydrogen-bond donors (Lipinski definition) is 1. The van der Waals surface area contributed by atoms with Crippen LogP contribution in [0.3, 0.4) is 0 Å². The summed E-state index contributed by atoms with van der Waals surface area (Å²) in [6, 6.07) is 2.53. The first-order valence-corrected chi connectivity index (χ1v) is 7.57. The second-order valence-electron chi connectivity index (χ2n) is 5.72. The van der Waals surface area contributed by atoms with Gasteiger partial charge in [0.2, 0.25) is 5.91 Å². The van der Waals surface area contributed by atoms with Gasteiger partial charge in [-0.3, -0.25) is 24.3 Å². The van der Waals surface area contributed by atoms with Gasteiger partial charge in [0.1, 0.15) is 18.2 Å². The summed E-state index contributed by atoms with van der Waals surface area (Å²) in [5.41, 5.74) is -1.44. The van der Waals surface area contributed by atoms with E-state index >= 15 is 0 Å². The van der Waals surface area contributed by atoms with Gasteiger partial charge in [0.25, 0.3) is 11.2 Å². The average Bonchev–Trinajstić information content (AvgIpc) is 2.55. The maximum Gasteiger partial charge on any atom is 0.287 e. The average molecular weight is 318 g/mol. The smallest absolute Gasteiger partial charge is 0.287 e. The molecule has 0 aliphatic heterocycles. The maximum absolute atomic E-state index is 12.0. The first-order valence-electron chi connectivity index (χ1n) is 7.57. The van der Waals surface area contributed by atoms with Crippen LogP contribution in [-0.4, -0.2) is 21.9 Å². The number of nitrogens with one attached hydrogen (secondary N) is 1. The lowest BCUT2D eigenvalue weighted by Gasteiger charge is -2.21. The van der Waals surface area contributed by atoms with Crippen molar-refractivity contribution in [2.45, 2.75) is 38.6 Å². The van der Waals surface area contributed by atoms with Gasteiger partial charge in [0.15, 0.2) is 0 Å². The first kappa shape index (κ1) is 16.7. The molecule has 1 saturated carbocycles. The van der Waals surface area contributed by atoms with Gasteiger partial charge >= 0.3 is 0 Å². The molecule has 1 aliphatic carbocycles. The molecule has 1 aromatic rings. The van der Waals surface area contributed by atoms with E-state index in [0.717, 1.165) is 42.5 Å². The fourth-order valence-electron chi connectivity index (χ4n) is 2.78. The van der Waals surface area contributed by atoms with Crippen LogP contribution in [0, 0.1) is 27.4 Å². The van der Waals surface area contributed by atoms with Crippen molar-refractivity contribution < 1.29 is 9.72 Å². The Hall–Kier alpha value is -2.69. The highest BCUT2D eigenvalue weighted by molar-refractivity contribution is 5.75. The van der Waals surface area contributed by atoms with Crippen LogP contribution in [0.4, 0.5) is 5.69 Å². The van der Waals surface area contributed by atoms with E-state index in [9.17, 15) is 19.7 Å². The zero-order valence-corrected chi connectivity index (χ0v) is 12.7. The molecule has 0 unspecified atom stereocenters. The number of hydrogen-bond acceptors (Lipinski definition) is 5. The minimum atomic E-state index is -0.703. The number of amides is 1. The van der Waals surface area contributed by atoms with Gasteiger partial charge in [-0.1, -0.05) is 19.3 Å². The molecule has 1 fully saturated rings. The van der Waals surface area contributed by atoms with Crippen molar-refractivity contribution in [3.63, 3.8) is 0 Å². The van der Waals surface area contributed by atoms with E-state index in [2.05, 4.69) is 5.32 Å². The van der Waals surface area contributed by atoms with Gasteiger partial charge in [0, 0.05) is 12.6 Å². The summed E-state index contributed by atoms with van der Waals surface area (Å²) in [4.78, 5) is 34.1. The van der Waals surface area contributed by atoms with Crippen molar-refractivity contribution in [1.29, 1.82) is 5.26 Å². The molecule has 122 valence electrons. The Bertz CT molecular complexity index is 698. The lowest BCUT2D eigenvalue weighted by Crippen LogP contribution is -2.36. The molecule has 8 heteroatoms. The lowest BCUT2D eigenvalue weighted by atomic mass is 9.89. The van der Waals surface area contributed by atoms with Crippen molar-refractivity contribution in [2.24, 2.45) is 5.92 Å². The first-order chi connectivity index (χ1) is 11.0. The summed E-state index contributed by atoms with van der Waals surface area (Å²) in [5, 5.41) is 22.5. The summed E-state index contributed by atoms with van der Waals surface area (Å²) in [7, 11) is 0. The van der Waals surface area contributed by atoms with Crippen molar-refractivity contribution in [3.05, 3.63) is 38.3 Å². The van der Waals surface area contributed by atoms with Crippen LogP contribution in [-0.2, 0) is 11.3 Å². The number of rotatable bonds is 5. The third-order valence-electron chi connectivity index (χ3n) is 4.03. The number of nitro groups is 1. The fourth-order valence-corrected chi connectivity index (χ4v) is 2.78. The van der Waals surface area contributed by atoms with Crippen molar-refractivity contribution in [3.8, 4) is 6.07 Å². The Labute approximate surface area is 132 Å².